The molecular weight excluding hydrogens is 371 g/mol. The van der Waals surface area contributed by atoms with Crippen molar-refractivity contribution in [2.45, 2.75) is 32.9 Å². The Balaban J connectivity index is 1.71. The van der Waals surface area contributed by atoms with E-state index < -0.39 is 17.5 Å². The number of rotatable bonds is 5. The summed E-state index contributed by atoms with van der Waals surface area (Å²) in [5.74, 6) is -2.62. The van der Waals surface area contributed by atoms with Crippen LogP contribution < -0.4 is 15.5 Å². The SMILES string of the molecule is CNC(=O)c1nc(C)c(C)c(N2CC[C@@H](NCc3cc(F)cc(F)c3F)C2)n1. The van der Waals surface area contributed by atoms with Crippen LogP contribution in [0.3, 0.4) is 0 Å². The predicted octanol–water partition coefficient (Wildman–Crippen LogP) is 2.24. The number of carbonyl (C=O) groups is 1. The number of halogens is 3. The van der Waals surface area contributed by atoms with E-state index in [9.17, 15) is 18.0 Å². The molecule has 1 atom stereocenters. The van der Waals surface area contributed by atoms with Gasteiger partial charge in [0.15, 0.2) is 11.6 Å². The van der Waals surface area contributed by atoms with Crippen molar-refractivity contribution in [3.8, 4) is 0 Å². The highest BCUT2D eigenvalue weighted by atomic mass is 19.2. The van der Waals surface area contributed by atoms with Crippen molar-refractivity contribution >= 4 is 11.7 Å². The van der Waals surface area contributed by atoms with E-state index in [1.165, 1.54) is 7.05 Å². The monoisotopic (exact) mass is 393 g/mol. The fraction of sp³-hybridized carbons (Fsp3) is 0.421. The zero-order chi connectivity index (χ0) is 20.4. The standard InChI is InChI=1S/C19H22F3N5O/c1-10-11(2)25-17(19(28)23-3)26-18(10)27-5-4-14(9-27)24-8-12-6-13(20)7-15(21)16(12)22/h6-7,14,24H,4-5,8-9H2,1-3H3,(H,23,28)/t14-/m1/s1. The summed E-state index contributed by atoms with van der Waals surface area (Å²) in [5, 5.41) is 5.65. The summed E-state index contributed by atoms with van der Waals surface area (Å²) in [6.45, 7) is 4.99. The summed E-state index contributed by atoms with van der Waals surface area (Å²) in [6.07, 6.45) is 0.747. The maximum absolute atomic E-state index is 13.8. The van der Waals surface area contributed by atoms with E-state index in [4.69, 9.17) is 0 Å². The summed E-state index contributed by atoms with van der Waals surface area (Å²) >= 11 is 0. The first-order valence-electron chi connectivity index (χ1n) is 8.99. The molecule has 1 aromatic heterocycles. The van der Waals surface area contributed by atoms with Crippen molar-refractivity contribution < 1.29 is 18.0 Å². The molecule has 1 amide bonds. The number of aryl methyl sites for hydroxylation is 1. The fourth-order valence-corrected chi connectivity index (χ4v) is 3.25. The van der Waals surface area contributed by atoms with Crippen LogP contribution >= 0.6 is 0 Å². The van der Waals surface area contributed by atoms with Crippen LogP contribution in [0.25, 0.3) is 0 Å². The van der Waals surface area contributed by atoms with Crippen molar-refractivity contribution in [2.75, 3.05) is 25.0 Å². The Labute approximate surface area is 161 Å². The van der Waals surface area contributed by atoms with Gasteiger partial charge >= 0.3 is 0 Å². The summed E-state index contributed by atoms with van der Waals surface area (Å²) in [6, 6.07) is 1.51. The second kappa shape index (κ2) is 8.14. The number of amides is 1. The maximum atomic E-state index is 13.8. The lowest BCUT2D eigenvalue weighted by Crippen LogP contribution is -2.33. The molecular formula is C19H22F3N5O. The molecule has 6 nitrogen and oxygen atoms in total. The Hall–Kier alpha value is -2.68. The number of carbonyl (C=O) groups excluding carboxylic acids is 1. The Morgan fingerprint density at radius 2 is 2.00 bits per heavy atom. The predicted molar refractivity (Wildman–Crippen MR) is 98.7 cm³/mol. The average Bonchev–Trinajstić information content (AvgIpc) is 3.13. The van der Waals surface area contributed by atoms with Crippen LogP contribution in [0.5, 0.6) is 0 Å². The van der Waals surface area contributed by atoms with Crippen LogP contribution in [-0.4, -0.2) is 42.1 Å². The van der Waals surface area contributed by atoms with Crippen molar-refractivity contribution in [1.29, 1.82) is 0 Å². The van der Waals surface area contributed by atoms with E-state index >= 15 is 0 Å². The van der Waals surface area contributed by atoms with E-state index in [0.29, 0.717) is 25.0 Å². The molecule has 0 radical (unpaired) electrons. The minimum atomic E-state index is -1.20. The molecule has 2 heterocycles. The molecule has 1 aliphatic rings. The van der Waals surface area contributed by atoms with E-state index in [1.807, 2.05) is 18.7 Å². The number of hydrogen-bond donors (Lipinski definition) is 2. The van der Waals surface area contributed by atoms with E-state index in [0.717, 1.165) is 23.7 Å². The molecule has 1 aromatic carbocycles. The third kappa shape index (κ3) is 4.09. The Kier molecular flexibility index (Phi) is 5.83. The number of nitrogens with zero attached hydrogens (tertiary/aromatic N) is 3. The summed E-state index contributed by atoms with van der Waals surface area (Å²) in [4.78, 5) is 22.5. The lowest BCUT2D eigenvalue weighted by Gasteiger charge is -2.21. The summed E-state index contributed by atoms with van der Waals surface area (Å²) in [5.41, 5.74) is 1.55. The van der Waals surface area contributed by atoms with Gasteiger partial charge in [0.25, 0.3) is 5.91 Å². The normalized spacial score (nSPS) is 16.5. The van der Waals surface area contributed by atoms with Crippen LogP contribution in [0.1, 0.15) is 33.9 Å². The third-order valence-electron chi connectivity index (χ3n) is 4.93. The van der Waals surface area contributed by atoms with Crippen LogP contribution in [0.2, 0.25) is 0 Å². The molecule has 1 saturated heterocycles. The number of hydrogen-bond acceptors (Lipinski definition) is 5. The van der Waals surface area contributed by atoms with Gasteiger partial charge in [0.1, 0.15) is 11.6 Å². The molecule has 2 aromatic rings. The van der Waals surface area contributed by atoms with Gasteiger partial charge in [-0.2, -0.15) is 0 Å². The molecule has 1 aliphatic heterocycles. The second-order valence-corrected chi connectivity index (χ2v) is 6.83. The van der Waals surface area contributed by atoms with Gasteiger partial charge < -0.3 is 15.5 Å². The van der Waals surface area contributed by atoms with Crippen molar-refractivity contribution in [3.63, 3.8) is 0 Å². The molecule has 28 heavy (non-hydrogen) atoms. The average molecular weight is 393 g/mol. The van der Waals surface area contributed by atoms with Gasteiger partial charge in [-0.25, -0.2) is 23.1 Å². The molecule has 0 bridgehead atoms. The highest BCUT2D eigenvalue weighted by molar-refractivity contribution is 5.90. The topological polar surface area (TPSA) is 70.2 Å². The third-order valence-corrected chi connectivity index (χ3v) is 4.93. The van der Waals surface area contributed by atoms with E-state index in [1.54, 1.807) is 0 Å². The Bertz CT molecular complexity index is 906. The fourth-order valence-electron chi connectivity index (χ4n) is 3.25. The van der Waals surface area contributed by atoms with Gasteiger partial charge in [-0.3, -0.25) is 4.79 Å². The molecule has 0 spiro atoms. The first-order chi connectivity index (χ1) is 13.3. The van der Waals surface area contributed by atoms with Gasteiger partial charge in [0, 0.05) is 55.6 Å². The maximum Gasteiger partial charge on any atom is 0.288 e. The largest absolute Gasteiger partial charge is 0.355 e. The zero-order valence-corrected chi connectivity index (χ0v) is 15.9. The smallest absolute Gasteiger partial charge is 0.288 e. The molecule has 2 N–H and O–H groups in total. The molecule has 150 valence electrons. The zero-order valence-electron chi connectivity index (χ0n) is 15.9. The minimum Gasteiger partial charge on any atom is -0.355 e. The van der Waals surface area contributed by atoms with E-state index in [2.05, 4.69) is 20.6 Å². The number of benzene rings is 1. The molecule has 0 aliphatic carbocycles. The van der Waals surface area contributed by atoms with Gasteiger partial charge in [-0.1, -0.05) is 0 Å². The highest BCUT2D eigenvalue weighted by Gasteiger charge is 2.26. The van der Waals surface area contributed by atoms with Gasteiger partial charge in [-0.15, -0.1) is 0 Å². The first kappa shape index (κ1) is 20.1. The van der Waals surface area contributed by atoms with Crippen LogP contribution in [-0.2, 0) is 6.54 Å². The molecule has 0 unspecified atom stereocenters. The lowest BCUT2D eigenvalue weighted by atomic mass is 10.1. The van der Waals surface area contributed by atoms with Crippen molar-refractivity contribution in [2.24, 2.45) is 0 Å². The molecule has 1 fully saturated rings. The van der Waals surface area contributed by atoms with Crippen LogP contribution in [0, 0.1) is 31.3 Å². The molecule has 0 saturated carbocycles. The molecule has 3 rings (SSSR count). The Morgan fingerprint density at radius 3 is 2.71 bits per heavy atom. The molecule has 9 heteroatoms. The van der Waals surface area contributed by atoms with Crippen LogP contribution in [0.15, 0.2) is 12.1 Å². The summed E-state index contributed by atoms with van der Waals surface area (Å²) in [7, 11) is 1.52. The first-order valence-corrected chi connectivity index (χ1v) is 8.99. The summed E-state index contributed by atoms with van der Waals surface area (Å²) < 4.78 is 40.5. The number of aromatic nitrogens is 2. The highest BCUT2D eigenvalue weighted by Crippen LogP contribution is 2.24. The quantitative estimate of drug-likeness (QED) is 0.763. The minimum absolute atomic E-state index is 0.0103. The van der Waals surface area contributed by atoms with Gasteiger partial charge in [0.2, 0.25) is 5.82 Å². The lowest BCUT2D eigenvalue weighted by molar-refractivity contribution is 0.0952. The van der Waals surface area contributed by atoms with Crippen molar-refractivity contribution in [1.82, 2.24) is 20.6 Å². The van der Waals surface area contributed by atoms with Gasteiger partial charge in [-0.05, 0) is 26.3 Å². The second-order valence-electron chi connectivity index (χ2n) is 6.83. The number of nitrogens with one attached hydrogen (secondary N) is 2. The van der Waals surface area contributed by atoms with Crippen molar-refractivity contribution in [3.05, 3.63) is 52.2 Å². The Morgan fingerprint density at radius 1 is 1.25 bits per heavy atom. The van der Waals surface area contributed by atoms with Gasteiger partial charge in [0.05, 0.1) is 0 Å². The van der Waals surface area contributed by atoms with Crippen LogP contribution in [0.4, 0.5) is 19.0 Å². The number of anilines is 1. The van der Waals surface area contributed by atoms with E-state index in [-0.39, 0.29) is 29.9 Å².